The molecule has 0 aliphatic carbocycles. The molecule has 2 aromatic heterocycles. The second kappa shape index (κ2) is 17.2. The number of carbonyl (C=O) groups is 2. The van der Waals surface area contributed by atoms with Crippen molar-refractivity contribution in [2.75, 3.05) is 26.2 Å². The van der Waals surface area contributed by atoms with Crippen LogP contribution in [0.2, 0.25) is 0 Å². The quantitative estimate of drug-likeness (QED) is 0.155. The molecule has 0 bridgehead atoms. The molecule has 12 rings (SSSR count). The van der Waals surface area contributed by atoms with Crippen molar-refractivity contribution in [1.29, 1.82) is 0 Å². The monoisotopic (exact) mass is 966 g/mol. The normalized spacial score (nSPS) is 14.4. The first-order valence-corrected chi connectivity index (χ1v) is 25.1. The maximum atomic E-state index is 13.6. The van der Waals surface area contributed by atoms with Crippen LogP contribution in [0.15, 0.2) is 123 Å². The topological polar surface area (TPSA) is 177 Å². The third kappa shape index (κ3) is 7.06. The van der Waals surface area contributed by atoms with Gasteiger partial charge in [-0.3, -0.25) is 47.9 Å². The van der Waals surface area contributed by atoms with Crippen LogP contribution >= 0.6 is 22.7 Å². The first-order valence-electron chi connectivity index (χ1n) is 23.5. The molecule has 2 aliphatic rings. The van der Waals surface area contributed by atoms with E-state index in [1.165, 1.54) is 0 Å². The second-order valence-corrected chi connectivity index (χ2v) is 20.7. The van der Waals surface area contributed by atoms with Crippen LogP contribution in [0.25, 0.3) is 83.4 Å². The maximum absolute atomic E-state index is 13.6. The number of benzene rings is 8. The fraction of sp³-hybridized carbons (Fsp3) is 0.250. The van der Waals surface area contributed by atoms with Crippen molar-refractivity contribution in [3.63, 3.8) is 0 Å². The molecule has 12 nitrogen and oxygen atoms in total. The van der Waals surface area contributed by atoms with Crippen LogP contribution in [0.4, 0.5) is 0 Å². The lowest BCUT2D eigenvalue weighted by Crippen LogP contribution is -2.49. The first kappa shape index (κ1) is 45.0. The Hall–Kier alpha value is -7.42. The summed E-state index contributed by atoms with van der Waals surface area (Å²) >= 11 is 1.86. The van der Waals surface area contributed by atoms with Crippen molar-refractivity contribution >= 4 is 118 Å². The van der Waals surface area contributed by atoms with Crippen LogP contribution in [0.1, 0.15) is 50.7 Å². The zero-order valence-electron chi connectivity index (χ0n) is 38.1. The molecule has 2 fully saturated rings. The summed E-state index contributed by atoms with van der Waals surface area (Å²) in [4.78, 5) is 135. The predicted molar refractivity (Wildman–Crippen MR) is 281 cm³/mol. The lowest BCUT2D eigenvalue weighted by Gasteiger charge is -2.39. The summed E-state index contributed by atoms with van der Waals surface area (Å²) in [5, 5.41) is 2.22. The van der Waals surface area contributed by atoms with Gasteiger partial charge in [0.25, 0.3) is 0 Å². The molecule has 0 saturated carbocycles. The molecular weight excluding hydrogens is 925 g/mol. The molecule has 10 aromatic rings. The Labute approximate surface area is 403 Å². The summed E-state index contributed by atoms with van der Waals surface area (Å²) in [6.07, 6.45) is 3.72. The van der Waals surface area contributed by atoms with Crippen molar-refractivity contribution in [3.05, 3.63) is 178 Å². The van der Waals surface area contributed by atoms with E-state index in [1.54, 1.807) is 84.9 Å². The Morgan fingerprint density at radius 1 is 0.414 bits per heavy atom. The Bertz CT molecular complexity index is 4090. The van der Waals surface area contributed by atoms with Crippen LogP contribution in [0, 0.1) is 11.8 Å². The SMILES string of the molecule is CCC1CN(C(=O)CCc2ccc3c(=O)c4sc5c(=O)c6ccccc6c(=O)c5c4c(=O)c3c2)C1.CCC1CN(C(=O)CCc2ccc3c(=O)c4sc5c(=O)c6ccccc6c(=O)c5c4c(=O)c3c2)C1. The maximum Gasteiger partial charge on any atom is 0.222 e. The van der Waals surface area contributed by atoms with Gasteiger partial charge in [-0.15, -0.1) is 22.7 Å². The van der Waals surface area contributed by atoms with E-state index in [9.17, 15) is 47.9 Å². The zero-order valence-corrected chi connectivity index (χ0v) is 39.7. The highest BCUT2D eigenvalue weighted by Crippen LogP contribution is 2.31. The van der Waals surface area contributed by atoms with Gasteiger partial charge >= 0.3 is 0 Å². The molecule has 0 N–H and O–H groups in total. The lowest BCUT2D eigenvalue weighted by molar-refractivity contribution is -0.138. The van der Waals surface area contributed by atoms with Crippen molar-refractivity contribution < 1.29 is 9.59 Å². The fourth-order valence-electron chi connectivity index (χ4n) is 10.3. The Kier molecular flexibility index (Phi) is 11.1. The van der Waals surface area contributed by atoms with Crippen LogP contribution < -0.4 is 43.4 Å². The average Bonchev–Trinajstić information content (AvgIpc) is 3.96. The van der Waals surface area contributed by atoms with E-state index in [4.69, 9.17) is 0 Å². The second-order valence-electron chi connectivity index (χ2n) is 18.7. The minimum Gasteiger partial charge on any atom is -0.342 e. The van der Waals surface area contributed by atoms with Gasteiger partial charge < -0.3 is 9.80 Å². The minimum atomic E-state index is -0.422. The van der Waals surface area contributed by atoms with E-state index < -0.39 is 21.7 Å². The first-order chi connectivity index (χ1) is 33.8. The number of rotatable bonds is 8. The largest absolute Gasteiger partial charge is 0.342 e. The summed E-state index contributed by atoms with van der Waals surface area (Å²) in [6, 6.07) is 23.1. The molecule has 0 unspecified atom stereocenters. The van der Waals surface area contributed by atoms with Crippen LogP contribution in [-0.4, -0.2) is 47.8 Å². The number of fused-ring (bicyclic) bond motifs is 10. The highest BCUT2D eigenvalue weighted by Gasteiger charge is 2.30. The lowest BCUT2D eigenvalue weighted by atomic mass is 9.96. The van der Waals surface area contributed by atoms with Crippen LogP contribution in [-0.2, 0) is 22.4 Å². The standard InChI is InChI=1S/2C28H21NO5S/c2*1-2-14-12-29(13-14)20(30)10-8-15-7-9-18-19(11-15)24(32)22-21-23(31)16-5-3-4-6-17(16)25(33)27(21)35-28(22)26(18)34/h2*3-7,9,11,14H,2,8,10,12-13H2,1H3. The molecule has 0 atom stereocenters. The molecular formula is C56H42N2O10S2. The van der Waals surface area contributed by atoms with Crippen molar-refractivity contribution in [2.45, 2.75) is 52.4 Å². The number of likely N-dealkylation sites (tertiary alicyclic amines) is 2. The summed E-state index contributed by atoms with van der Waals surface area (Å²) in [5.74, 6) is 1.34. The summed E-state index contributed by atoms with van der Waals surface area (Å²) in [7, 11) is 0. The van der Waals surface area contributed by atoms with Gasteiger partial charge in [0.2, 0.25) is 33.5 Å². The molecule has 2 saturated heterocycles. The number of carbonyl (C=O) groups excluding carboxylic acids is 2. The number of thiophene rings is 2. The third-order valence-electron chi connectivity index (χ3n) is 14.6. The summed E-state index contributed by atoms with van der Waals surface area (Å²) < 4.78 is 0.597. The molecule has 8 aromatic carbocycles. The molecule has 2 amide bonds. The van der Waals surface area contributed by atoms with Gasteiger partial charge in [0.15, 0.2) is 21.7 Å². The molecule has 2 aliphatic heterocycles. The molecule has 4 heterocycles. The van der Waals surface area contributed by atoms with Crippen LogP contribution in [0.3, 0.4) is 0 Å². The smallest absolute Gasteiger partial charge is 0.222 e. The highest BCUT2D eigenvalue weighted by atomic mass is 32.1. The molecule has 14 heteroatoms. The van der Waals surface area contributed by atoms with Gasteiger partial charge in [0.1, 0.15) is 0 Å². The van der Waals surface area contributed by atoms with E-state index >= 15 is 0 Å². The number of hydrogen-bond donors (Lipinski definition) is 0. The van der Waals surface area contributed by atoms with E-state index in [0.717, 1.165) is 72.8 Å². The Balaban J connectivity index is 0.000000152. The van der Waals surface area contributed by atoms with Gasteiger partial charge in [-0.05, 0) is 72.9 Å². The van der Waals surface area contributed by atoms with Gasteiger partial charge in [0.05, 0.1) is 40.3 Å². The Morgan fingerprint density at radius 2 is 0.700 bits per heavy atom. The minimum absolute atomic E-state index is 0.0368. The van der Waals surface area contributed by atoms with E-state index in [1.807, 2.05) is 9.80 Å². The van der Waals surface area contributed by atoms with Gasteiger partial charge in [-0.25, -0.2) is 0 Å². The van der Waals surface area contributed by atoms with Gasteiger partial charge in [0, 0.05) is 82.1 Å². The van der Waals surface area contributed by atoms with Crippen molar-refractivity contribution in [3.8, 4) is 0 Å². The number of hydrogen-bond acceptors (Lipinski definition) is 12. The van der Waals surface area contributed by atoms with E-state index in [2.05, 4.69) is 13.8 Å². The molecule has 348 valence electrons. The average molecular weight is 967 g/mol. The fourth-order valence-corrected chi connectivity index (χ4v) is 12.7. The molecule has 0 radical (unpaired) electrons. The van der Waals surface area contributed by atoms with Gasteiger partial charge in [-0.2, -0.15) is 0 Å². The van der Waals surface area contributed by atoms with E-state index in [0.29, 0.717) is 48.3 Å². The van der Waals surface area contributed by atoms with Crippen LogP contribution in [0.5, 0.6) is 0 Å². The van der Waals surface area contributed by atoms with Crippen molar-refractivity contribution in [1.82, 2.24) is 9.80 Å². The third-order valence-corrected chi connectivity index (χ3v) is 16.9. The highest BCUT2D eigenvalue weighted by molar-refractivity contribution is 7.26. The Morgan fingerprint density at radius 3 is 1.01 bits per heavy atom. The molecule has 0 spiro atoms. The zero-order chi connectivity index (χ0) is 48.9. The summed E-state index contributed by atoms with van der Waals surface area (Å²) in [5.41, 5.74) is -1.47. The predicted octanol–water partition coefficient (Wildman–Crippen LogP) is 6.96. The molecule has 70 heavy (non-hydrogen) atoms. The van der Waals surface area contributed by atoms with Gasteiger partial charge in [-0.1, -0.05) is 74.5 Å². The van der Waals surface area contributed by atoms with Crippen molar-refractivity contribution in [2.24, 2.45) is 11.8 Å². The number of amides is 2. The number of aryl methyl sites for hydroxylation is 2. The number of nitrogens with zero attached hydrogens (tertiary/aromatic N) is 2. The summed E-state index contributed by atoms with van der Waals surface area (Å²) in [6.45, 7) is 7.44. The van der Waals surface area contributed by atoms with E-state index in [-0.39, 0.29) is 106 Å².